The molecular weight excluding hydrogens is 276 g/mol. The summed E-state index contributed by atoms with van der Waals surface area (Å²) in [6, 6.07) is 13.4. The smallest absolute Gasteiger partial charge is 0.162 e. The Bertz CT molecular complexity index is 657. The number of carbonyl (C=O) groups is 1. The molecule has 22 heavy (non-hydrogen) atoms. The molecule has 3 rings (SSSR count). The maximum atomic E-state index is 11.2. The molecule has 0 bridgehead atoms. The highest BCUT2D eigenvalue weighted by molar-refractivity contribution is 5.87. The van der Waals surface area contributed by atoms with Crippen molar-refractivity contribution >= 4 is 6.29 Å². The van der Waals surface area contributed by atoms with Gasteiger partial charge in [0.15, 0.2) is 17.8 Å². The van der Waals surface area contributed by atoms with Crippen molar-refractivity contribution in [2.24, 2.45) is 0 Å². The van der Waals surface area contributed by atoms with Crippen molar-refractivity contribution in [3.05, 3.63) is 48.0 Å². The standard InChI is InChI=1S/C19H20O3/c1-21-18-11-10-14(17-9-5-2-6-15(17)13-20)12-19(18)22-16-7-3-4-8-16/h2,5-6,9-13,16H,3-4,7-8H2,1H3. The predicted molar refractivity (Wildman–Crippen MR) is 86.7 cm³/mol. The average Bonchev–Trinajstić information content (AvgIpc) is 3.08. The van der Waals surface area contributed by atoms with E-state index in [1.165, 1.54) is 12.8 Å². The average molecular weight is 296 g/mol. The van der Waals surface area contributed by atoms with Crippen LogP contribution in [0.2, 0.25) is 0 Å². The van der Waals surface area contributed by atoms with Crippen LogP contribution in [-0.2, 0) is 0 Å². The fourth-order valence-electron chi connectivity index (χ4n) is 2.98. The monoisotopic (exact) mass is 296 g/mol. The quantitative estimate of drug-likeness (QED) is 0.762. The first-order valence-electron chi connectivity index (χ1n) is 7.71. The van der Waals surface area contributed by atoms with Crippen molar-refractivity contribution in [2.75, 3.05) is 7.11 Å². The molecule has 0 aromatic heterocycles. The molecule has 0 amide bonds. The number of rotatable bonds is 5. The van der Waals surface area contributed by atoms with E-state index in [9.17, 15) is 4.79 Å². The molecule has 0 aliphatic heterocycles. The highest BCUT2D eigenvalue weighted by atomic mass is 16.5. The second-order valence-corrected chi connectivity index (χ2v) is 5.60. The number of hydrogen-bond acceptors (Lipinski definition) is 3. The lowest BCUT2D eigenvalue weighted by Gasteiger charge is -2.17. The Morgan fingerprint density at radius 2 is 1.82 bits per heavy atom. The van der Waals surface area contributed by atoms with Gasteiger partial charge in [0.2, 0.25) is 0 Å². The summed E-state index contributed by atoms with van der Waals surface area (Å²) in [5, 5.41) is 0. The molecule has 0 N–H and O–H groups in total. The summed E-state index contributed by atoms with van der Waals surface area (Å²) in [6.07, 6.45) is 5.79. The van der Waals surface area contributed by atoms with Crippen LogP contribution in [-0.4, -0.2) is 19.5 Å². The van der Waals surface area contributed by atoms with Gasteiger partial charge in [-0.15, -0.1) is 0 Å². The Morgan fingerprint density at radius 1 is 1.05 bits per heavy atom. The zero-order valence-corrected chi connectivity index (χ0v) is 12.7. The number of benzene rings is 2. The summed E-state index contributed by atoms with van der Waals surface area (Å²) in [6.45, 7) is 0. The summed E-state index contributed by atoms with van der Waals surface area (Å²) < 4.78 is 11.5. The minimum Gasteiger partial charge on any atom is -0.493 e. The molecule has 0 atom stereocenters. The maximum Gasteiger partial charge on any atom is 0.162 e. The van der Waals surface area contributed by atoms with Crippen molar-refractivity contribution in [2.45, 2.75) is 31.8 Å². The van der Waals surface area contributed by atoms with Gasteiger partial charge in [0.05, 0.1) is 13.2 Å². The third-order valence-corrected chi connectivity index (χ3v) is 4.16. The van der Waals surface area contributed by atoms with Crippen LogP contribution in [0.3, 0.4) is 0 Å². The number of aldehydes is 1. The van der Waals surface area contributed by atoms with Crippen molar-refractivity contribution < 1.29 is 14.3 Å². The Hall–Kier alpha value is -2.29. The number of hydrogen-bond donors (Lipinski definition) is 0. The molecule has 1 fully saturated rings. The van der Waals surface area contributed by atoms with Crippen molar-refractivity contribution in [3.63, 3.8) is 0 Å². The van der Waals surface area contributed by atoms with E-state index in [0.29, 0.717) is 5.56 Å². The Kier molecular flexibility index (Phi) is 4.42. The molecule has 2 aromatic carbocycles. The molecule has 0 saturated heterocycles. The number of carbonyl (C=O) groups excluding carboxylic acids is 1. The van der Waals surface area contributed by atoms with E-state index in [4.69, 9.17) is 9.47 Å². The van der Waals surface area contributed by atoms with Crippen LogP contribution < -0.4 is 9.47 Å². The topological polar surface area (TPSA) is 35.5 Å². The molecule has 1 saturated carbocycles. The number of methoxy groups -OCH3 is 1. The van der Waals surface area contributed by atoms with E-state index in [1.807, 2.05) is 42.5 Å². The summed E-state index contributed by atoms with van der Waals surface area (Å²) in [7, 11) is 1.65. The first-order valence-corrected chi connectivity index (χ1v) is 7.71. The molecular formula is C19H20O3. The molecule has 2 aromatic rings. The maximum absolute atomic E-state index is 11.2. The van der Waals surface area contributed by atoms with Crippen molar-refractivity contribution in [3.8, 4) is 22.6 Å². The lowest BCUT2D eigenvalue weighted by Crippen LogP contribution is -2.11. The van der Waals surface area contributed by atoms with Gasteiger partial charge in [0.1, 0.15) is 0 Å². The predicted octanol–water partition coefficient (Wildman–Crippen LogP) is 4.50. The van der Waals surface area contributed by atoms with Crippen LogP contribution >= 0.6 is 0 Å². The van der Waals surface area contributed by atoms with Gasteiger partial charge in [0, 0.05) is 5.56 Å². The largest absolute Gasteiger partial charge is 0.493 e. The third-order valence-electron chi connectivity index (χ3n) is 4.16. The van der Waals surface area contributed by atoms with Crippen molar-refractivity contribution in [1.82, 2.24) is 0 Å². The molecule has 1 aliphatic carbocycles. The van der Waals surface area contributed by atoms with E-state index in [1.54, 1.807) is 7.11 Å². The van der Waals surface area contributed by atoms with E-state index >= 15 is 0 Å². The van der Waals surface area contributed by atoms with Gasteiger partial charge >= 0.3 is 0 Å². The summed E-state index contributed by atoms with van der Waals surface area (Å²) >= 11 is 0. The van der Waals surface area contributed by atoms with Crippen LogP contribution in [0.1, 0.15) is 36.0 Å². The lowest BCUT2D eigenvalue weighted by molar-refractivity contribution is 0.112. The fourth-order valence-corrected chi connectivity index (χ4v) is 2.98. The second-order valence-electron chi connectivity index (χ2n) is 5.60. The van der Waals surface area contributed by atoms with Gasteiger partial charge in [-0.3, -0.25) is 4.79 Å². The van der Waals surface area contributed by atoms with E-state index in [-0.39, 0.29) is 6.10 Å². The molecule has 114 valence electrons. The van der Waals surface area contributed by atoms with E-state index in [0.717, 1.165) is 41.8 Å². The van der Waals surface area contributed by atoms with Crippen LogP contribution in [0.25, 0.3) is 11.1 Å². The Balaban J connectivity index is 1.97. The zero-order valence-electron chi connectivity index (χ0n) is 12.7. The molecule has 3 nitrogen and oxygen atoms in total. The molecule has 0 heterocycles. The molecule has 0 spiro atoms. The molecule has 0 unspecified atom stereocenters. The van der Waals surface area contributed by atoms with Gasteiger partial charge in [-0.1, -0.05) is 30.3 Å². The fraction of sp³-hybridized carbons (Fsp3) is 0.316. The Morgan fingerprint density at radius 3 is 2.55 bits per heavy atom. The van der Waals surface area contributed by atoms with Gasteiger partial charge in [-0.2, -0.15) is 0 Å². The van der Waals surface area contributed by atoms with E-state index < -0.39 is 0 Å². The summed E-state index contributed by atoms with van der Waals surface area (Å²) in [5.41, 5.74) is 2.56. The van der Waals surface area contributed by atoms with Gasteiger partial charge < -0.3 is 9.47 Å². The lowest BCUT2D eigenvalue weighted by atomic mass is 10.00. The van der Waals surface area contributed by atoms with Crippen LogP contribution in [0, 0.1) is 0 Å². The third kappa shape index (κ3) is 2.98. The van der Waals surface area contributed by atoms with Gasteiger partial charge in [-0.05, 0) is 48.9 Å². The van der Waals surface area contributed by atoms with Crippen LogP contribution in [0.5, 0.6) is 11.5 Å². The Labute approximate surface area is 130 Å². The zero-order chi connectivity index (χ0) is 15.4. The van der Waals surface area contributed by atoms with Crippen molar-refractivity contribution in [1.29, 1.82) is 0 Å². The van der Waals surface area contributed by atoms with Crippen LogP contribution in [0.15, 0.2) is 42.5 Å². The molecule has 3 heteroatoms. The van der Waals surface area contributed by atoms with E-state index in [2.05, 4.69) is 0 Å². The molecule has 1 aliphatic rings. The number of ether oxygens (including phenoxy) is 2. The van der Waals surface area contributed by atoms with Gasteiger partial charge in [-0.25, -0.2) is 0 Å². The summed E-state index contributed by atoms with van der Waals surface area (Å²) in [5.74, 6) is 1.49. The first-order chi connectivity index (χ1) is 10.8. The van der Waals surface area contributed by atoms with Crippen LogP contribution in [0.4, 0.5) is 0 Å². The highest BCUT2D eigenvalue weighted by Crippen LogP contribution is 2.36. The SMILES string of the molecule is COc1ccc(-c2ccccc2C=O)cc1OC1CCCC1. The summed E-state index contributed by atoms with van der Waals surface area (Å²) in [4.78, 5) is 11.2. The molecule has 0 radical (unpaired) electrons. The highest BCUT2D eigenvalue weighted by Gasteiger charge is 2.19. The van der Waals surface area contributed by atoms with Gasteiger partial charge in [0.25, 0.3) is 0 Å². The minimum absolute atomic E-state index is 0.269. The minimum atomic E-state index is 0.269. The second kappa shape index (κ2) is 6.65. The normalized spacial score (nSPS) is 14.8. The first kappa shape index (κ1) is 14.6.